The largest absolute Gasteiger partial charge is 0.380 e. The molecular weight excluding hydrogens is 340 g/mol. The number of nitrogens with zero attached hydrogens (tertiary/aromatic N) is 1. The highest BCUT2D eigenvalue weighted by molar-refractivity contribution is 6.04. The third-order valence-electron chi connectivity index (χ3n) is 4.20. The summed E-state index contributed by atoms with van der Waals surface area (Å²) >= 11 is 0. The van der Waals surface area contributed by atoms with Crippen molar-refractivity contribution >= 4 is 17.3 Å². The number of hydrogen-bond donors (Lipinski definition) is 1. The molecule has 0 aliphatic heterocycles. The number of hydrogen-bond acceptors (Lipinski definition) is 4. The van der Waals surface area contributed by atoms with E-state index in [0.717, 1.165) is 30.0 Å². The fourth-order valence-corrected chi connectivity index (χ4v) is 2.70. The number of ether oxygens (including phenoxy) is 2. The highest BCUT2D eigenvalue weighted by Gasteiger charge is 2.10. The van der Waals surface area contributed by atoms with Gasteiger partial charge in [-0.15, -0.1) is 0 Å². The lowest BCUT2D eigenvalue weighted by molar-refractivity contribution is 0.102. The Bertz CT molecular complexity index is 691. The lowest BCUT2D eigenvalue weighted by Gasteiger charge is -2.25. The molecule has 0 saturated heterocycles. The van der Waals surface area contributed by atoms with Crippen molar-refractivity contribution in [1.29, 1.82) is 0 Å². The number of benzene rings is 2. The van der Waals surface area contributed by atoms with Gasteiger partial charge in [0.25, 0.3) is 5.91 Å². The molecule has 1 amide bonds. The predicted octanol–water partition coefficient (Wildman–Crippen LogP) is 4.13. The van der Waals surface area contributed by atoms with Crippen LogP contribution >= 0.6 is 0 Å². The summed E-state index contributed by atoms with van der Waals surface area (Å²) in [5.74, 6) is -0.109. The van der Waals surface area contributed by atoms with E-state index in [1.54, 1.807) is 0 Å². The summed E-state index contributed by atoms with van der Waals surface area (Å²) in [4.78, 5) is 14.7. The Morgan fingerprint density at radius 3 is 2.19 bits per heavy atom. The summed E-state index contributed by atoms with van der Waals surface area (Å²) < 4.78 is 11.0. The molecule has 2 rings (SSSR count). The molecule has 2 aromatic rings. The predicted molar refractivity (Wildman–Crippen MR) is 111 cm³/mol. The molecule has 1 N–H and O–H groups in total. The van der Waals surface area contributed by atoms with Gasteiger partial charge in [0.15, 0.2) is 0 Å². The fourth-order valence-electron chi connectivity index (χ4n) is 2.70. The van der Waals surface area contributed by atoms with E-state index in [1.165, 1.54) is 0 Å². The molecule has 0 spiro atoms. The lowest BCUT2D eigenvalue weighted by Crippen LogP contribution is -2.31. The minimum Gasteiger partial charge on any atom is -0.380 e. The van der Waals surface area contributed by atoms with Crippen LogP contribution in [-0.2, 0) is 9.47 Å². The van der Waals surface area contributed by atoms with Crippen molar-refractivity contribution < 1.29 is 14.3 Å². The first-order valence-electron chi connectivity index (χ1n) is 9.52. The van der Waals surface area contributed by atoms with Crippen LogP contribution in [0.25, 0.3) is 0 Å². The first kappa shape index (κ1) is 20.9. The Hall–Kier alpha value is -2.37. The van der Waals surface area contributed by atoms with Crippen molar-refractivity contribution in [3.05, 3.63) is 59.7 Å². The van der Waals surface area contributed by atoms with Gasteiger partial charge in [0.1, 0.15) is 0 Å². The third-order valence-corrected chi connectivity index (χ3v) is 4.20. The molecule has 0 atom stereocenters. The molecule has 5 nitrogen and oxygen atoms in total. The second-order valence-corrected chi connectivity index (χ2v) is 6.25. The maximum Gasteiger partial charge on any atom is 0.255 e. The van der Waals surface area contributed by atoms with Gasteiger partial charge in [0.2, 0.25) is 0 Å². The highest BCUT2D eigenvalue weighted by atomic mass is 16.5. The van der Waals surface area contributed by atoms with Crippen LogP contribution < -0.4 is 10.2 Å². The Labute approximate surface area is 162 Å². The summed E-state index contributed by atoms with van der Waals surface area (Å²) in [5, 5.41) is 2.98. The molecule has 0 radical (unpaired) electrons. The lowest BCUT2D eigenvalue weighted by atomic mass is 10.1. The van der Waals surface area contributed by atoms with Crippen molar-refractivity contribution in [2.24, 2.45) is 0 Å². The molecule has 0 saturated carbocycles. The Balaban J connectivity index is 2.07. The molecule has 146 valence electrons. The summed E-state index contributed by atoms with van der Waals surface area (Å²) in [7, 11) is 0. The van der Waals surface area contributed by atoms with E-state index in [9.17, 15) is 4.79 Å². The molecular formula is C22H30N2O3. The van der Waals surface area contributed by atoms with E-state index in [1.807, 2.05) is 69.3 Å². The monoisotopic (exact) mass is 370 g/mol. The van der Waals surface area contributed by atoms with Crippen LogP contribution in [0, 0.1) is 6.92 Å². The number of anilines is 2. The van der Waals surface area contributed by atoms with Gasteiger partial charge in [-0.1, -0.05) is 23.8 Å². The third kappa shape index (κ3) is 7.04. The minimum absolute atomic E-state index is 0.109. The van der Waals surface area contributed by atoms with Crippen LogP contribution in [0.2, 0.25) is 0 Å². The van der Waals surface area contributed by atoms with Crippen LogP contribution in [0.1, 0.15) is 29.8 Å². The van der Waals surface area contributed by atoms with Crippen LogP contribution in [0.5, 0.6) is 0 Å². The number of nitrogens with one attached hydrogen (secondary N) is 1. The van der Waals surface area contributed by atoms with E-state index in [4.69, 9.17) is 9.47 Å². The number of aryl methyl sites for hydroxylation is 1. The van der Waals surface area contributed by atoms with Gasteiger partial charge in [-0.3, -0.25) is 4.79 Å². The Kier molecular flexibility index (Phi) is 8.81. The second-order valence-electron chi connectivity index (χ2n) is 6.25. The van der Waals surface area contributed by atoms with E-state index in [2.05, 4.69) is 10.2 Å². The normalized spacial score (nSPS) is 10.6. The molecule has 2 aromatic carbocycles. The fraction of sp³-hybridized carbons (Fsp3) is 0.409. The molecule has 27 heavy (non-hydrogen) atoms. The van der Waals surface area contributed by atoms with Crippen molar-refractivity contribution in [2.75, 3.05) is 49.7 Å². The maximum atomic E-state index is 12.5. The van der Waals surface area contributed by atoms with Gasteiger partial charge in [-0.25, -0.2) is 0 Å². The summed E-state index contributed by atoms with van der Waals surface area (Å²) in [5.41, 5.74) is 3.59. The van der Waals surface area contributed by atoms with Gasteiger partial charge < -0.3 is 19.7 Å². The van der Waals surface area contributed by atoms with Crippen molar-refractivity contribution in [3.63, 3.8) is 0 Å². The highest BCUT2D eigenvalue weighted by Crippen LogP contribution is 2.20. The number of amides is 1. The molecule has 0 aromatic heterocycles. The molecule has 5 heteroatoms. The first-order chi connectivity index (χ1) is 13.1. The number of rotatable bonds is 11. The van der Waals surface area contributed by atoms with Crippen LogP contribution in [0.15, 0.2) is 48.5 Å². The van der Waals surface area contributed by atoms with E-state index in [0.29, 0.717) is 32.0 Å². The van der Waals surface area contributed by atoms with Gasteiger partial charge in [0, 0.05) is 43.2 Å². The van der Waals surface area contributed by atoms with Gasteiger partial charge in [0.05, 0.1) is 13.2 Å². The summed E-state index contributed by atoms with van der Waals surface area (Å²) in [6, 6.07) is 15.4. The zero-order chi connectivity index (χ0) is 19.5. The minimum atomic E-state index is -0.109. The van der Waals surface area contributed by atoms with Gasteiger partial charge >= 0.3 is 0 Å². The second kappa shape index (κ2) is 11.4. The zero-order valence-electron chi connectivity index (χ0n) is 16.5. The van der Waals surface area contributed by atoms with Crippen molar-refractivity contribution in [1.82, 2.24) is 0 Å². The molecule has 0 heterocycles. The number of carbonyl (C=O) groups is 1. The average molecular weight is 370 g/mol. The SMILES string of the molecule is CCOCCN(CCOCC)c1cccc(NC(=O)c2ccc(C)cc2)c1. The summed E-state index contributed by atoms with van der Waals surface area (Å²) in [6.45, 7) is 10.2. The first-order valence-corrected chi connectivity index (χ1v) is 9.52. The van der Waals surface area contributed by atoms with E-state index < -0.39 is 0 Å². The summed E-state index contributed by atoms with van der Waals surface area (Å²) in [6.07, 6.45) is 0. The van der Waals surface area contributed by atoms with Crippen LogP contribution in [0.3, 0.4) is 0 Å². The average Bonchev–Trinajstić information content (AvgIpc) is 2.68. The van der Waals surface area contributed by atoms with Crippen LogP contribution in [-0.4, -0.2) is 45.4 Å². The Morgan fingerprint density at radius 2 is 1.59 bits per heavy atom. The molecule has 0 bridgehead atoms. The molecule has 0 fully saturated rings. The van der Waals surface area contributed by atoms with Crippen molar-refractivity contribution in [2.45, 2.75) is 20.8 Å². The number of carbonyl (C=O) groups excluding carboxylic acids is 1. The van der Waals surface area contributed by atoms with E-state index >= 15 is 0 Å². The van der Waals surface area contributed by atoms with Gasteiger partial charge in [-0.05, 0) is 51.1 Å². The van der Waals surface area contributed by atoms with E-state index in [-0.39, 0.29) is 5.91 Å². The zero-order valence-corrected chi connectivity index (χ0v) is 16.5. The van der Waals surface area contributed by atoms with Crippen LogP contribution in [0.4, 0.5) is 11.4 Å². The smallest absolute Gasteiger partial charge is 0.255 e. The standard InChI is InChI=1S/C22H30N2O3/c1-4-26-15-13-24(14-16-27-5-2)21-8-6-7-20(17-21)23-22(25)19-11-9-18(3)10-12-19/h6-12,17H,4-5,13-16H2,1-3H3,(H,23,25). The maximum absolute atomic E-state index is 12.5. The molecule has 0 aliphatic rings. The molecule has 0 aliphatic carbocycles. The topological polar surface area (TPSA) is 50.8 Å². The van der Waals surface area contributed by atoms with Gasteiger partial charge in [-0.2, -0.15) is 0 Å². The quantitative estimate of drug-likeness (QED) is 0.604. The molecule has 0 unspecified atom stereocenters. The Morgan fingerprint density at radius 1 is 0.963 bits per heavy atom. The van der Waals surface area contributed by atoms with Crippen molar-refractivity contribution in [3.8, 4) is 0 Å².